The lowest BCUT2D eigenvalue weighted by Gasteiger charge is -2.18. The van der Waals surface area contributed by atoms with Gasteiger partial charge >= 0.3 is 5.97 Å². The summed E-state index contributed by atoms with van der Waals surface area (Å²) in [6, 6.07) is 6.87. The van der Waals surface area contributed by atoms with Crippen molar-refractivity contribution in [2.24, 2.45) is 0 Å². The summed E-state index contributed by atoms with van der Waals surface area (Å²) >= 11 is 4.18. The van der Waals surface area contributed by atoms with Crippen molar-refractivity contribution in [3.05, 3.63) is 29.8 Å². The van der Waals surface area contributed by atoms with Crippen molar-refractivity contribution in [3.63, 3.8) is 0 Å². The van der Waals surface area contributed by atoms with Gasteiger partial charge in [-0.15, -0.1) is 12.6 Å². The van der Waals surface area contributed by atoms with Gasteiger partial charge in [0.15, 0.2) is 0 Å². The maximum absolute atomic E-state index is 11.2. The van der Waals surface area contributed by atoms with Crippen LogP contribution in [-0.2, 0) is 9.53 Å². The number of hydrogen-bond acceptors (Lipinski definition) is 5. The van der Waals surface area contributed by atoms with Gasteiger partial charge < -0.3 is 14.9 Å². The van der Waals surface area contributed by atoms with E-state index in [0.29, 0.717) is 10.5 Å². The SMILES string of the molecule is CCOC(=O)CC(O)C(O)c1ccccc1S. The standard InChI is InChI=1S/C12H16O4S/c1-2-16-11(14)7-9(13)12(15)8-5-3-4-6-10(8)17/h3-6,9,12-13,15,17H,2,7H2,1H3. The summed E-state index contributed by atoms with van der Waals surface area (Å²) < 4.78 is 4.70. The molecule has 0 aliphatic rings. The Morgan fingerprint density at radius 3 is 2.65 bits per heavy atom. The monoisotopic (exact) mass is 256 g/mol. The zero-order chi connectivity index (χ0) is 12.8. The first kappa shape index (κ1) is 14.0. The van der Waals surface area contributed by atoms with Gasteiger partial charge in [-0.2, -0.15) is 0 Å². The Morgan fingerprint density at radius 2 is 2.06 bits per heavy atom. The van der Waals surface area contributed by atoms with Crippen LogP contribution >= 0.6 is 12.6 Å². The van der Waals surface area contributed by atoms with Crippen LogP contribution in [0.25, 0.3) is 0 Å². The maximum atomic E-state index is 11.2. The zero-order valence-electron chi connectivity index (χ0n) is 9.54. The normalized spacial score (nSPS) is 14.1. The third-order valence-corrected chi connectivity index (χ3v) is 2.71. The molecule has 1 aromatic rings. The van der Waals surface area contributed by atoms with Gasteiger partial charge in [-0.25, -0.2) is 0 Å². The molecule has 4 nitrogen and oxygen atoms in total. The second-order valence-corrected chi connectivity index (χ2v) is 4.06. The second kappa shape index (κ2) is 6.64. The molecule has 0 aliphatic heterocycles. The smallest absolute Gasteiger partial charge is 0.308 e. The lowest BCUT2D eigenvalue weighted by atomic mass is 10.0. The number of ether oxygens (including phenoxy) is 1. The number of benzene rings is 1. The fraction of sp³-hybridized carbons (Fsp3) is 0.417. The molecular formula is C12H16O4S. The minimum atomic E-state index is -1.19. The molecule has 2 unspecified atom stereocenters. The highest BCUT2D eigenvalue weighted by molar-refractivity contribution is 7.80. The molecule has 0 heterocycles. The van der Waals surface area contributed by atoms with Crippen molar-refractivity contribution in [1.29, 1.82) is 0 Å². The van der Waals surface area contributed by atoms with Crippen LogP contribution in [0.5, 0.6) is 0 Å². The molecule has 0 fully saturated rings. The number of aliphatic hydroxyl groups excluding tert-OH is 2. The number of thiol groups is 1. The van der Waals surface area contributed by atoms with E-state index in [1.165, 1.54) is 0 Å². The Bertz CT molecular complexity index is 381. The first-order valence-electron chi connectivity index (χ1n) is 5.36. The molecular weight excluding hydrogens is 240 g/mol. The van der Waals surface area contributed by atoms with Gasteiger partial charge in [0.2, 0.25) is 0 Å². The van der Waals surface area contributed by atoms with Crippen molar-refractivity contribution >= 4 is 18.6 Å². The Labute approximate surface area is 106 Å². The molecule has 0 aromatic heterocycles. The molecule has 0 bridgehead atoms. The minimum Gasteiger partial charge on any atom is -0.466 e. The van der Waals surface area contributed by atoms with E-state index in [1.54, 1.807) is 31.2 Å². The van der Waals surface area contributed by atoms with E-state index in [-0.39, 0.29) is 13.0 Å². The number of esters is 1. The summed E-state index contributed by atoms with van der Waals surface area (Å²) in [4.78, 5) is 11.7. The van der Waals surface area contributed by atoms with Crippen LogP contribution in [0.15, 0.2) is 29.2 Å². The van der Waals surface area contributed by atoms with Crippen LogP contribution < -0.4 is 0 Å². The topological polar surface area (TPSA) is 66.8 Å². The van der Waals surface area contributed by atoms with Crippen LogP contribution in [0.3, 0.4) is 0 Å². The van der Waals surface area contributed by atoms with Gasteiger partial charge in [-0.3, -0.25) is 4.79 Å². The van der Waals surface area contributed by atoms with E-state index in [4.69, 9.17) is 4.74 Å². The summed E-state index contributed by atoms with van der Waals surface area (Å²) in [5.74, 6) is -0.532. The van der Waals surface area contributed by atoms with Crippen molar-refractivity contribution in [1.82, 2.24) is 0 Å². The number of carbonyl (C=O) groups is 1. The molecule has 17 heavy (non-hydrogen) atoms. The van der Waals surface area contributed by atoms with Crippen molar-refractivity contribution < 1.29 is 19.7 Å². The number of hydrogen-bond donors (Lipinski definition) is 3. The number of carbonyl (C=O) groups excluding carboxylic acids is 1. The van der Waals surface area contributed by atoms with Crippen LogP contribution in [0.2, 0.25) is 0 Å². The molecule has 0 amide bonds. The largest absolute Gasteiger partial charge is 0.466 e. The van der Waals surface area contributed by atoms with Crippen molar-refractivity contribution in [2.45, 2.75) is 30.4 Å². The summed E-state index contributed by atoms with van der Waals surface area (Å²) in [6.45, 7) is 1.94. The van der Waals surface area contributed by atoms with E-state index < -0.39 is 18.2 Å². The molecule has 5 heteroatoms. The quantitative estimate of drug-likeness (QED) is 0.549. The zero-order valence-corrected chi connectivity index (χ0v) is 10.4. The Morgan fingerprint density at radius 1 is 1.41 bits per heavy atom. The van der Waals surface area contributed by atoms with E-state index in [1.807, 2.05) is 0 Å². The maximum Gasteiger partial charge on any atom is 0.308 e. The predicted molar refractivity (Wildman–Crippen MR) is 65.9 cm³/mol. The molecule has 1 rings (SSSR count). The molecule has 94 valence electrons. The average molecular weight is 256 g/mol. The molecule has 0 saturated heterocycles. The summed E-state index contributed by atoms with van der Waals surface area (Å²) in [5.41, 5.74) is 0.493. The number of aliphatic hydroxyl groups is 2. The molecule has 2 atom stereocenters. The minimum absolute atomic E-state index is 0.239. The predicted octanol–water partition coefficient (Wildman–Crippen LogP) is 1.32. The van der Waals surface area contributed by atoms with Crippen LogP contribution in [0, 0.1) is 0 Å². The van der Waals surface area contributed by atoms with E-state index >= 15 is 0 Å². The van der Waals surface area contributed by atoms with Crippen molar-refractivity contribution in [2.75, 3.05) is 6.61 Å². The highest BCUT2D eigenvalue weighted by atomic mass is 32.1. The van der Waals surface area contributed by atoms with Gasteiger partial charge in [0, 0.05) is 4.90 Å². The molecule has 0 spiro atoms. The Kier molecular flexibility index (Phi) is 5.47. The van der Waals surface area contributed by atoms with Crippen LogP contribution in [0.4, 0.5) is 0 Å². The Hall–Kier alpha value is -1.04. The first-order chi connectivity index (χ1) is 8.06. The summed E-state index contributed by atoms with van der Waals surface area (Å²) in [5, 5.41) is 19.6. The van der Waals surface area contributed by atoms with Gasteiger partial charge in [0.1, 0.15) is 6.10 Å². The number of rotatable bonds is 5. The van der Waals surface area contributed by atoms with Gasteiger partial charge in [0.05, 0.1) is 19.1 Å². The third kappa shape index (κ3) is 4.03. The van der Waals surface area contributed by atoms with Gasteiger partial charge in [-0.1, -0.05) is 18.2 Å². The fourth-order valence-corrected chi connectivity index (χ4v) is 1.74. The van der Waals surface area contributed by atoms with E-state index in [2.05, 4.69) is 12.6 Å². The first-order valence-corrected chi connectivity index (χ1v) is 5.80. The average Bonchev–Trinajstić information content (AvgIpc) is 2.29. The van der Waals surface area contributed by atoms with Crippen LogP contribution in [0.1, 0.15) is 25.0 Å². The summed E-state index contributed by atoms with van der Waals surface area (Å²) in [6.07, 6.45) is -2.58. The highest BCUT2D eigenvalue weighted by Crippen LogP contribution is 2.25. The Balaban J connectivity index is 2.67. The highest BCUT2D eigenvalue weighted by Gasteiger charge is 2.23. The molecule has 2 N–H and O–H groups in total. The van der Waals surface area contributed by atoms with E-state index in [9.17, 15) is 15.0 Å². The second-order valence-electron chi connectivity index (χ2n) is 3.58. The molecule has 0 radical (unpaired) electrons. The molecule has 0 saturated carbocycles. The van der Waals surface area contributed by atoms with Crippen LogP contribution in [-0.4, -0.2) is 28.9 Å². The lowest BCUT2D eigenvalue weighted by Crippen LogP contribution is -2.23. The molecule has 0 aliphatic carbocycles. The lowest BCUT2D eigenvalue weighted by molar-refractivity contribution is -0.147. The fourth-order valence-electron chi connectivity index (χ4n) is 1.45. The van der Waals surface area contributed by atoms with Gasteiger partial charge in [-0.05, 0) is 18.6 Å². The van der Waals surface area contributed by atoms with Gasteiger partial charge in [0.25, 0.3) is 0 Å². The molecule has 1 aromatic carbocycles. The van der Waals surface area contributed by atoms with E-state index in [0.717, 1.165) is 0 Å². The third-order valence-electron chi connectivity index (χ3n) is 2.30. The van der Waals surface area contributed by atoms with Crippen molar-refractivity contribution in [3.8, 4) is 0 Å². The summed E-state index contributed by atoms with van der Waals surface area (Å²) in [7, 11) is 0.